The molecule has 0 fully saturated rings. The molecule has 0 spiro atoms. The Morgan fingerprint density at radius 2 is 1.76 bits per heavy atom. The molecular weight excluding hydrogens is 388 g/mol. The molecule has 152 valence electrons. The topological polar surface area (TPSA) is 93.1 Å². The van der Waals surface area contributed by atoms with E-state index in [1.807, 2.05) is 20.9 Å². The molecule has 1 aromatic heterocycles. The summed E-state index contributed by atoms with van der Waals surface area (Å²) in [5.74, 6) is -0.288. The summed E-state index contributed by atoms with van der Waals surface area (Å²) in [6, 6.07) is 11.5. The number of hydrogen-bond acceptors (Lipinski definition) is 4. The van der Waals surface area contributed by atoms with Gasteiger partial charge in [0.25, 0.3) is 15.9 Å². The second-order valence-corrected chi connectivity index (χ2v) is 8.69. The van der Waals surface area contributed by atoms with Crippen LogP contribution >= 0.6 is 0 Å². The Labute approximate surface area is 170 Å². The van der Waals surface area contributed by atoms with Crippen molar-refractivity contribution < 1.29 is 13.2 Å². The number of amides is 1. The van der Waals surface area contributed by atoms with E-state index in [4.69, 9.17) is 0 Å². The van der Waals surface area contributed by atoms with Crippen LogP contribution in [0, 0.1) is 20.8 Å². The molecule has 0 bridgehead atoms. The Kier molecular flexibility index (Phi) is 5.74. The Morgan fingerprint density at radius 3 is 2.38 bits per heavy atom. The second kappa shape index (κ2) is 8.08. The first-order valence-electron chi connectivity index (χ1n) is 9.13. The lowest BCUT2D eigenvalue weighted by Crippen LogP contribution is -2.23. The highest BCUT2D eigenvalue weighted by Gasteiger charge is 2.17. The molecule has 0 aliphatic rings. The minimum absolute atomic E-state index is 0.171. The van der Waals surface area contributed by atoms with E-state index in [9.17, 15) is 13.2 Å². The number of rotatable bonds is 6. The van der Waals surface area contributed by atoms with Crippen LogP contribution in [0.25, 0.3) is 0 Å². The highest BCUT2D eigenvalue weighted by molar-refractivity contribution is 7.92. The van der Waals surface area contributed by atoms with Crippen molar-refractivity contribution in [3.63, 3.8) is 0 Å². The van der Waals surface area contributed by atoms with Crippen LogP contribution in [0.15, 0.2) is 53.6 Å². The van der Waals surface area contributed by atoms with Crippen LogP contribution < -0.4 is 10.0 Å². The van der Waals surface area contributed by atoms with Crippen LogP contribution in [0.3, 0.4) is 0 Å². The monoisotopic (exact) mass is 412 g/mol. The number of aromatic nitrogens is 2. The SMILES string of the molecule is Cc1ccc(S(=O)(=O)Nc2cc(C(=O)NCc3cnn(C)c3C)ccc2C)cc1. The summed E-state index contributed by atoms with van der Waals surface area (Å²) < 4.78 is 29.7. The van der Waals surface area contributed by atoms with Gasteiger partial charge in [-0.25, -0.2) is 8.42 Å². The van der Waals surface area contributed by atoms with Crippen molar-refractivity contribution in [3.8, 4) is 0 Å². The fraction of sp³-hybridized carbons (Fsp3) is 0.238. The van der Waals surface area contributed by atoms with Crippen LogP contribution in [0.5, 0.6) is 0 Å². The predicted molar refractivity (Wildman–Crippen MR) is 112 cm³/mol. The fourth-order valence-electron chi connectivity index (χ4n) is 2.79. The zero-order valence-corrected chi connectivity index (χ0v) is 17.7. The molecule has 0 aliphatic carbocycles. The number of sulfonamides is 1. The van der Waals surface area contributed by atoms with Gasteiger partial charge in [0.15, 0.2) is 0 Å². The van der Waals surface area contributed by atoms with Crippen LogP contribution in [0.1, 0.15) is 32.7 Å². The summed E-state index contributed by atoms with van der Waals surface area (Å²) in [6.07, 6.45) is 1.71. The van der Waals surface area contributed by atoms with E-state index in [1.54, 1.807) is 60.3 Å². The quantitative estimate of drug-likeness (QED) is 0.651. The minimum Gasteiger partial charge on any atom is -0.348 e. The summed E-state index contributed by atoms with van der Waals surface area (Å²) in [6.45, 7) is 5.95. The molecule has 3 rings (SSSR count). The molecule has 7 nitrogen and oxygen atoms in total. The van der Waals surface area contributed by atoms with E-state index in [0.29, 0.717) is 17.8 Å². The van der Waals surface area contributed by atoms with Crippen LogP contribution in [-0.2, 0) is 23.6 Å². The Morgan fingerprint density at radius 1 is 1.07 bits per heavy atom. The number of aryl methyl sites for hydroxylation is 3. The lowest BCUT2D eigenvalue weighted by molar-refractivity contribution is 0.0951. The number of carbonyl (C=O) groups excluding carboxylic acids is 1. The summed E-state index contributed by atoms with van der Waals surface area (Å²) >= 11 is 0. The first-order valence-corrected chi connectivity index (χ1v) is 10.6. The number of anilines is 1. The van der Waals surface area contributed by atoms with E-state index in [2.05, 4.69) is 15.1 Å². The zero-order valence-electron chi connectivity index (χ0n) is 16.9. The summed E-state index contributed by atoms with van der Waals surface area (Å²) in [5, 5.41) is 7.00. The van der Waals surface area contributed by atoms with Gasteiger partial charge in [-0.1, -0.05) is 23.8 Å². The largest absolute Gasteiger partial charge is 0.348 e. The maximum atomic E-state index is 12.7. The van der Waals surface area contributed by atoms with Crippen LogP contribution in [0.4, 0.5) is 5.69 Å². The third-order valence-electron chi connectivity index (χ3n) is 4.85. The molecule has 1 heterocycles. The maximum Gasteiger partial charge on any atom is 0.261 e. The van der Waals surface area contributed by atoms with Gasteiger partial charge >= 0.3 is 0 Å². The van der Waals surface area contributed by atoms with Crippen molar-refractivity contribution in [2.24, 2.45) is 7.05 Å². The maximum absolute atomic E-state index is 12.7. The molecule has 0 aliphatic heterocycles. The molecule has 0 radical (unpaired) electrons. The first-order chi connectivity index (χ1) is 13.7. The van der Waals surface area contributed by atoms with E-state index >= 15 is 0 Å². The number of nitrogens with one attached hydrogen (secondary N) is 2. The number of nitrogens with zero attached hydrogens (tertiary/aromatic N) is 2. The summed E-state index contributed by atoms with van der Waals surface area (Å²) in [5.41, 5.74) is 4.34. The van der Waals surface area contributed by atoms with Crippen molar-refractivity contribution in [3.05, 3.63) is 76.6 Å². The smallest absolute Gasteiger partial charge is 0.261 e. The lowest BCUT2D eigenvalue weighted by atomic mass is 10.1. The molecule has 29 heavy (non-hydrogen) atoms. The lowest BCUT2D eigenvalue weighted by Gasteiger charge is -2.13. The Hall–Kier alpha value is -3.13. The molecule has 0 atom stereocenters. The number of benzene rings is 2. The number of carbonyl (C=O) groups is 1. The zero-order chi connectivity index (χ0) is 21.2. The van der Waals surface area contributed by atoms with Gasteiger partial charge in [-0.15, -0.1) is 0 Å². The Balaban J connectivity index is 1.77. The first kappa shape index (κ1) is 20.6. The summed E-state index contributed by atoms with van der Waals surface area (Å²) in [4.78, 5) is 12.7. The normalized spacial score (nSPS) is 11.3. The number of hydrogen-bond donors (Lipinski definition) is 2. The highest BCUT2D eigenvalue weighted by atomic mass is 32.2. The molecular formula is C21H24N4O3S. The third-order valence-corrected chi connectivity index (χ3v) is 6.23. The van der Waals surface area contributed by atoms with Gasteiger partial charge in [-0.2, -0.15) is 5.10 Å². The van der Waals surface area contributed by atoms with E-state index in [0.717, 1.165) is 22.4 Å². The van der Waals surface area contributed by atoms with Gasteiger partial charge in [-0.05, 0) is 50.6 Å². The van der Waals surface area contributed by atoms with Crippen molar-refractivity contribution in [1.29, 1.82) is 0 Å². The molecule has 3 aromatic rings. The predicted octanol–water partition coefficient (Wildman–Crippen LogP) is 3.08. The molecule has 0 saturated carbocycles. The van der Waals surface area contributed by atoms with E-state index < -0.39 is 10.0 Å². The van der Waals surface area contributed by atoms with Crippen molar-refractivity contribution in [2.45, 2.75) is 32.2 Å². The fourth-order valence-corrected chi connectivity index (χ4v) is 3.91. The molecule has 2 N–H and O–H groups in total. The van der Waals surface area contributed by atoms with Gasteiger partial charge in [0.1, 0.15) is 0 Å². The van der Waals surface area contributed by atoms with Gasteiger partial charge in [0.05, 0.1) is 16.8 Å². The van der Waals surface area contributed by atoms with Gasteiger partial charge in [0, 0.05) is 30.4 Å². The third kappa shape index (κ3) is 4.65. The van der Waals surface area contributed by atoms with Crippen LogP contribution in [-0.4, -0.2) is 24.1 Å². The van der Waals surface area contributed by atoms with E-state index in [-0.39, 0.29) is 10.8 Å². The van der Waals surface area contributed by atoms with E-state index in [1.165, 1.54) is 0 Å². The molecule has 2 aromatic carbocycles. The molecule has 0 unspecified atom stereocenters. The van der Waals surface area contributed by atoms with Crippen molar-refractivity contribution >= 4 is 21.6 Å². The second-order valence-electron chi connectivity index (χ2n) is 7.01. The average molecular weight is 413 g/mol. The van der Waals surface area contributed by atoms with Gasteiger partial charge < -0.3 is 5.32 Å². The highest BCUT2D eigenvalue weighted by Crippen LogP contribution is 2.22. The van der Waals surface area contributed by atoms with Crippen LogP contribution in [0.2, 0.25) is 0 Å². The molecule has 1 amide bonds. The molecule has 0 saturated heterocycles. The van der Waals surface area contributed by atoms with Crippen molar-refractivity contribution in [1.82, 2.24) is 15.1 Å². The summed E-state index contributed by atoms with van der Waals surface area (Å²) in [7, 11) is -1.91. The molecule has 8 heteroatoms. The average Bonchev–Trinajstić information content (AvgIpc) is 3.00. The van der Waals surface area contributed by atoms with Crippen molar-refractivity contribution in [2.75, 3.05) is 4.72 Å². The standard InChI is InChI=1S/C21H24N4O3S/c1-14-5-9-19(10-6-14)29(27,28)24-20-11-17(8-7-15(20)2)21(26)22-12-18-13-23-25(4)16(18)3/h5-11,13,24H,12H2,1-4H3,(H,22,26). The van der Waals surface area contributed by atoms with Gasteiger partial charge in [0.2, 0.25) is 0 Å². The van der Waals surface area contributed by atoms with Gasteiger partial charge in [-0.3, -0.25) is 14.2 Å². The minimum atomic E-state index is -3.75. The Bertz CT molecular complexity index is 1150.